The van der Waals surface area contributed by atoms with Crippen molar-refractivity contribution in [1.82, 2.24) is 20.1 Å². The quantitative estimate of drug-likeness (QED) is 0.797. The minimum Gasteiger partial charge on any atom is -0.492 e. The van der Waals surface area contributed by atoms with E-state index in [1.165, 1.54) is 0 Å². The standard InChI is InChI=1S/C15H22N4O/c1-3-9-16-13(10-15-17-12-18-19(15)2)11-20-14-7-5-4-6-8-14/h4-8,12-13,16H,3,9-11H2,1-2H3. The van der Waals surface area contributed by atoms with Gasteiger partial charge in [-0.1, -0.05) is 25.1 Å². The molecule has 0 saturated carbocycles. The summed E-state index contributed by atoms with van der Waals surface area (Å²) in [6.45, 7) is 3.75. The number of nitrogens with one attached hydrogen (secondary N) is 1. The third-order valence-electron chi connectivity index (χ3n) is 3.11. The fourth-order valence-electron chi connectivity index (χ4n) is 1.98. The number of nitrogens with zero attached hydrogens (tertiary/aromatic N) is 3. The molecule has 20 heavy (non-hydrogen) atoms. The van der Waals surface area contributed by atoms with E-state index in [4.69, 9.17) is 4.74 Å². The lowest BCUT2D eigenvalue weighted by atomic mass is 10.2. The van der Waals surface area contributed by atoms with Crippen LogP contribution in [0.4, 0.5) is 0 Å². The van der Waals surface area contributed by atoms with Crippen LogP contribution in [0.15, 0.2) is 36.7 Å². The Labute approximate surface area is 120 Å². The van der Waals surface area contributed by atoms with Gasteiger partial charge in [-0.15, -0.1) is 0 Å². The Bertz CT molecular complexity index is 498. The molecular weight excluding hydrogens is 252 g/mol. The topological polar surface area (TPSA) is 52.0 Å². The lowest BCUT2D eigenvalue weighted by Crippen LogP contribution is -2.37. The molecule has 1 aromatic heterocycles. The highest BCUT2D eigenvalue weighted by molar-refractivity contribution is 5.21. The van der Waals surface area contributed by atoms with E-state index in [0.717, 1.165) is 31.0 Å². The first-order chi connectivity index (χ1) is 9.79. The zero-order valence-electron chi connectivity index (χ0n) is 12.1. The lowest BCUT2D eigenvalue weighted by Gasteiger charge is -2.18. The lowest BCUT2D eigenvalue weighted by molar-refractivity contribution is 0.260. The predicted octanol–water partition coefficient (Wildman–Crippen LogP) is 1.80. The van der Waals surface area contributed by atoms with E-state index in [0.29, 0.717) is 6.61 Å². The number of aryl methyl sites for hydroxylation is 1. The molecule has 1 N–H and O–H groups in total. The average Bonchev–Trinajstić information content (AvgIpc) is 2.88. The maximum absolute atomic E-state index is 5.83. The normalized spacial score (nSPS) is 12.3. The molecule has 0 amide bonds. The summed E-state index contributed by atoms with van der Waals surface area (Å²) in [6, 6.07) is 10.1. The van der Waals surface area contributed by atoms with E-state index < -0.39 is 0 Å². The molecule has 0 radical (unpaired) electrons. The van der Waals surface area contributed by atoms with Crippen molar-refractivity contribution in [3.05, 3.63) is 42.5 Å². The van der Waals surface area contributed by atoms with E-state index in [9.17, 15) is 0 Å². The van der Waals surface area contributed by atoms with Crippen LogP contribution in [0, 0.1) is 0 Å². The second-order valence-corrected chi connectivity index (χ2v) is 4.78. The highest BCUT2D eigenvalue weighted by Crippen LogP contribution is 2.09. The summed E-state index contributed by atoms with van der Waals surface area (Å²) in [5.41, 5.74) is 0. The maximum Gasteiger partial charge on any atom is 0.138 e. The van der Waals surface area contributed by atoms with Crippen LogP contribution in [-0.2, 0) is 13.5 Å². The van der Waals surface area contributed by atoms with Gasteiger partial charge in [0.15, 0.2) is 0 Å². The van der Waals surface area contributed by atoms with Crippen molar-refractivity contribution >= 4 is 0 Å². The zero-order valence-corrected chi connectivity index (χ0v) is 12.1. The summed E-state index contributed by atoms with van der Waals surface area (Å²) in [6.07, 6.45) is 3.49. The molecule has 5 heteroatoms. The Kier molecular flexibility index (Phi) is 5.55. The highest BCUT2D eigenvalue weighted by atomic mass is 16.5. The molecule has 1 heterocycles. The van der Waals surface area contributed by atoms with Crippen LogP contribution < -0.4 is 10.1 Å². The number of benzene rings is 1. The first-order valence-electron chi connectivity index (χ1n) is 7.03. The van der Waals surface area contributed by atoms with Crippen molar-refractivity contribution in [3.8, 4) is 5.75 Å². The van der Waals surface area contributed by atoms with Crippen molar-refractivity contribution in [2.45, 2.75) is 25.8 Å². The van der Waals surface area contributed by atoms with E-state index in [1.807, 2.05) is 42.1 Å². The largest absolute Gasteiger partial charge is 0.492 e. The average molecular weight is 274 g/mol. The SMILES string of the molecule is CCCNC(COc1ccccc1)Cc1ncnn1C. The molecule has 0 bridgehead atoms. The van der Waals surface area contributed by atoms with E-state index >= 15 is 0 Å². The van der Waals surface area contributed by atoms with Gasteiger partial charge in [-0.3, -0.25) is 4.68 Å². The number of hydrogen-bond acceptors (Lipinski definition) is 4. The third kappa shape index (κ3) is 4.35. The van der Waals surface area contributed by atoms with Gasteiger partial charge in [0.1, 0.15) is 24.5 Å². The smallest absolute Gasteiger partial charge is 0.138 e. The second-order valence-electron chi connectivity index (χ2n) is 4.78. The summed E-state index contributed by atoms with van der Waals surface area (Å²) >= 11 is 0. The Balaban J connectivity index is 1.91. The molecule has 0 aliphatic rings. The molecule has 0 spiro atoms. The molecular formula is C15H22N4O. The summed E-state index contributed by atoms with van der Waals surface area (Å²) in [7, 11) is 1.91. The van der Waals surface area contributed by atoms with Crippen LogP contribution in [0.2, 0.25) is 0 Å². The van der Waals surface area contributed by atoms with Crippen LogP contribution in [0.3, 0.4) is 0 Å². The van der Waals surface area contributed by atoms with Crippen LogP contribution in [-0.4, -0.2) is 34.0 Å². The molecule has 108 valence electrons. The van der Waals surface area contributed by atoms with Gasteiger partial charge in [-0.05, 0) is 25.1 Å². The first-order valence-corrected chi connectivity index (χ1v) is 7.03. The Morgan fingerprint density at radius 3 is 2.75 bits per heavy atom. The minimum absolute atomic E-state index is 0.234. The van der Waals surface area contributed by atoms with Crippen molar-refractivity contribution in [1.29, 1.82) is 0 Å². The third-order valence-corrected chi connectivity index (χ3v) is 3.11. The molecule has 2 aromatic rings. The van der Waals surface area contributed by atoms with Gasteiger partial charge in [0, 0.05) is 19.5 Å². The summed E-state index contributed by atoms with van der Waals surface area (Å²) in [5, 5.41) is 7.60. The van der Waals surface area contributed by atoms with E-state index in [2.05, 4.69) is 22.3 Å². The van der Waals surface area contributed by atoms with Crippen LogP contribution in [0.5, 0.6) is 5.75 Å². The molecule has 1 atom stereocenters. The van der Waals surface area contributed by atoms with E-state index in [-0.39, 0.29) is 6.04 Å². The molecule has 0 aliphatic carbocycles. The number of ether oxygens (including phenoxy) is 1. The minimum atomic E-state index is 0.234. The van der Waals surface area contributed by atoms with Crippen molar-refractivity contribution < 1.29 is 4.74 Å². The summed E-state index contributed by atoms with van der Waals surface area (Å²) in [4.78, 5) is 4.27. The maximum atomic E-state index is 5.83. The van der Waals surface area contributed by atoms with Crippen LogP contribution in [0.1, 0.15) is 19.2 Å². The number of hydrogen-bond donors (Lipinski definition) is 1. The van der Waals surface area contributed by atoms with Gasteiger partial charge in [-0.2, -0.15) is 5.10 Å². The van der Waals surface area contributed by atoms with Crippen molar-refractivity contribution in [3.63, 3.8) is 0 Å². The fraction of sp³-hybridized carbons (Fsp3) is 0.467. The molecule has 1 unspecified atom stereocenters. The molecule has 1 aromatic carbocycles. The highest BCUT2D eigenvalue weighted by Gasteiger charge is 2.13. The van der Waals surface area contributed by atoms with Gasteiger partial charge in [0.2, 0.25) is 0 Å². The molecule has 0 fully saturated rings. The predicted molar refractivity (Wildman–Crippen MR) is 78.7 cm³/mol. The molecule has 0 saturated heterocycles. The van der Waals surface area contributed by atoms with Gasteiger partial charge in [0.25, 0.3) is 0 Å². The Morgan fingerprint density at radius 2 is 2.10 bits per heavy atom. The van der Waals surface area contributed by atoms with Gasteiger partial charge >= 0.3 is 0 Å². The monoisotopic (exact) mass is 274 g/mol. The molecule has 0 aliphatic heterocycles. The Hall–Kier alpha value is -1.88. The zero-order chi connectivity index (χ0) is 14.2. The van der Waals surface area contributed by atoms with Crippen LogP contribution >= 0.6 is 0 Å². The molecule has 2 rings (SSSR count). The number of aromatic nitrogens is 3. The fourth-order valence-corrected chi connectivity index (χ4v) is 1.98. The van der Waals surface area contributed by atoms with Crippen molar-refractivity contribution in [2.75, 3.05) is 13.2 Å². The molecule has 5 nitrogen and oxygen atoms in total. The summed E-state index contributed by atoms with van der Waals surface area (Å²) in [5.74, 6) is 1.86. The number of para-hydroxylation sites is 1. The van der Waals surface area contributed by atoms with Gasteiger partial charge in [0.05, 0.1) is 0 Å². The Morgan fingerprint density at radius 1 is 1.30 bits per heavy atom. The first kappa shape index (κ1) is 14.5. The van der Waals surface area contributed by atoms with E-state index in [1.54, 1.807) is 6.33 Å². The second kappa shape index (κ2) is 7.65. The van der Waals surface area contributed by atoms with Gasteiger partial charge < -0.3 is 10.1 Å². The van der Waals surface area contributed by atoms with Gasteiger partial charge in [-0.25, -0.2) is 4.98 Å². The van der Waals surface area contributed by atoms with Crippen molar-refractivity contribution in [2.24, 2.45) is 7.05 Å². The number of rotatable bonds is 8. The summed E-state index contributed by atoms with van der Waals surface area (Å²) < 4.78 is 7.64. The van der Waals surface area contributed by atoms with Crippen LogP contribution in [0.25, 0.3) is 0 Å².